The largest absolute Gasteiger partial charge is 0.309 e. The van der Waals surface area contributed by atoms with E-state index in [4.69, 9.17) is 0 Å². The van der Waals surface area contributed by atoms with Crippen molar-refractivity contribution < 1.29 is 4.39 Å². The van der Waals surface area contributed by atoms with Gasteiger partial charge in [0, 0.05) is 6.54 Å². The van der Waals surface area contributed by atoms with Crippen molar-refractivity contribution in [1.82, 2.24) is 15.2 Å². The molecule has 2 unspecified atom stereocenters. The zero-order valence-corrected chi connectivity index (χ0v) is 13.9. The highest BCUT2D eigenvalue weighted by molar-refractivity contribution is 5.10. The predicted molar refractivity (Wildman–Crippen MR) is 86.8 cm³/mol. The zero-order valence-electron chi connectivity index (χ0n) is 13.9. The zero-order chi connectivity index (χ0) is 15.7. The fraction of sp³-hybridized carbons (Fsp3) is 0.706. The third-order valence-electron chi connectivity index (χ3n) is 3.87. The summed E-state index contributed by atoms with van der Waals surface area (Å²) in [5.74, 6) is 0.447. The molecule has 0 amide bonds. The fourth-order valence-corrected chi connectivity index (χ4v) is 2.37. The Morgan fingerprint density at radius 1 is 1.33 bits per heavy atom. The molecular weight excluding hydrogens is 265 g/mol. The molecule has 4 heteroatoms. The molecule has 0 saturated heterocycles. The molecule has 0 bridgehead atoms. The number of pyridine rings is 1. The average molecular weight is 295 g/mol. The van der Waals surface area contributed by atoms with Crippen LogP contribution in [0.3, 0.4) is 0 Å². The van der Waals surface area contributed by atoms with Gasteiger partial charge in [0.15, 0.2) is 0 Å². The van der Waals surface area contributed by atoms with Gasteiger partial charge in [-0.1, -0.05) is 27.2 Å². The van der Waals surface area contributed by atoms with Gasteiger partial charge in [0.1, 0.15) is 5.82 Å². The summed E-state index contributed by atoms with van der Waals surface area (Å²) in [6.45, 7) is 9.76. The molecule has 0 radical (unpaired) electrons. The number of rotatable bonds is 10. The Kier molecular flexibility index (Phi) is 8.47. The van der Waals surface area contributed by atoms with Crippen LogP contribution in [-0.4, -0.2) is 36.6 Å². The van der Waals surface area contributed by atoms with Crippen LogP contribution in [0.1, 0.15) is 51.8 Å². The normalized spacial score (nSPS) is 14.4. The Balaban J connectivity index is 2.55. The molecule has 21 heavy (non-hydrogen) atoms. The number of nitrogens with one attached hydrogen (secondary N) is 1. The van der Waals surface area contributed by atoms with Gasteiger partial charge in [-0.15, -0.1) is 0 Å². The van der Waals surface area contributed by atoms with Crippen molar-refractivity contribution in [3.8, 4) is 0 Å². The molecule has 3 nitrogen and oxygen atoms in total. The molecule has 0 aliphatic carbocycles. The SMILES string of the molecule is CCCNC(CCN(C)CC(C)CC)c1ccc(F)cn1. The maximum atomic E-state index is 13.0. The van der Waals surface area contributed by atoms with E-state index in [2.05, 4.69) is 43.0 Å². The molecule has 1 aromatic rings. The molecule has 1 rings (SSSR count). The van der Waals surface area contributed by atoms with Gasteiger partial charge in [0.25, 0.3) is 0 Å². The summed E-state index contributed by atoms with van der Waals surface area (Å²) >= 11 is 0. The van der Waals surface area contributed by atoms with E-state index in [0.717, 1.165) is 44.1 Å². The lowest BCUT2D eigenvalue weighted by atomic mass is 10.1. The van der Waals surface area contributed by atoms with Crippen molar-refractivity contribution in [3.05, 3.63) is 29.8 Å². The van der Waals surface area contributed by atoms with Gasteiger partial charge in [-0.25, -0.2) is 4.39 Å². The van der Waals surface area contributed by atoms with E-state index < -0.39 is 0 Å². The first-order chi connectivity index (χ1) is 10.1. The Morgan fingerprint density at radius 2 is 2.10 bits per heavy atom. The van der Waals surface area contributed by atoms with Crippen LogP contribution in [-0.2, 0) is 0 Å². The van der Waals surface area contributed by atoms with Gasteiger partial charge >= 0.3 is 0 Å². The summed E-state index contributed by atoms with van der Waals surface area (Å²) in [5, 5.41) is 3.52. The molecule has 2 atom stereocenters. The van der Waals surface area contributed by atoms with E-state index in [1.807, 2.05) is 0 Å². The molecule has 0 aromatic carbocycles. The van der Waals surface area contributed by atoms with Crippen molar-refractivity contribution in [1.29, 1.82) is 0 Å². The second-order valence-corrected chi connectivity index (χ2v) is 5.97. The van der Waals surface area contributed by atoms with Crippen molar-refractivity contribution in [2.75, 3.05) is 26.7 Å². The standard InChI is InChI=1S/C17H30FN3/c1-5-10-19-17(16-8-7-15(18)12-20-16)9-11-21(4)13-14(3)6-2/h7-8,12,14,17,19H,5-6,9-11,13H2,1-4H3. The molecule has 0 spiro atoms. The molecule has 1 N–H and O–H groups in total. The number of nitrogens with zero attached hydrogens (tertiary/aromatic N) is 2. The predicted octanol–water partition coefficient (Wildman–Crippen LogP) is 3.63. The lowest BCUT2D eigenvalue weighted by Crippen LogP contribution is -2.30. The third-order valence-corrected chi connectivity index (χ3v) is 3.87. The fourth-order valence-electron chi connectivity index (χ4n) is 2.37. The van der Waals surface area contributed by atoms with Crippen LogP contribution in [0.15, 0.2) is 18.3 Å². The highest BCUT2D eigenvalue weighted by Crippen LogP contribution is 2.16. The van der Waals surface area contributed by atoms with Crippen molar-refractivity contribution in [2.45, 2.75) is 46.1 Å². The van der Waals surface area contributed by atoms with E-state index >= 15 is 0 Å². The highest BCUT2D eigenvalue weighted by atomic mass is 19.1. The molecule has 0 saturated carbocycles. The van der Waals surface area contributed by atoms with Crippen LogP contribution >= 0.6 is 0 Å². The first-order valence-electron chi connectivity index (χ1n) is 8.10. The van der Waals surface area contributed by atoms with Crippen LogP contribution < -0.4 is 5.32 Å². The number of hydrogen-bond donors (Lipinski definition) is 1. The van der Waals surface area contributed by atoms with Crippen molar-refractivity contribution >= 4 is 0 Å². The summed E-state index contributed by atoms with van der Waals surface area (Å²) in [4.78, 5) is 6.60. The summed E-state index contributed by atoms with van der Waals surface area (Å²) < 4.78 is 13.0. The van der Waals surface area contributed by atoms with Gasteiger partial charge in [-0.05, 0) is 51.0 Å². The second-order valence-electron chi connectivity index (χ2n) is 5.97. The van der Waals surface area contributed by atoms with Crippen LogP contribution in [0.2, 0.25) is 0 Å². The van der Waals surface area contributed by atoms with Crippen LogP contribution in [0, 0.1) is 11.7 Å². The number of hydrogen-bond acceptors (Lipinski definition) is 3. The quantitative estimate of drug-likeness (QED) is 0.714. The third kappa shape index (κ3) is 7.00. The van der Waals surface area contributed by atoms with Crippen LogP contribution in [0.25, 0.3) is 0 Å². The summed E-state index contributed by atoms with van der Waals surface area (Å²) in [7, 11) is 2.17. The van der Waals surface area contributed by atoms with E-state index in [9.17, 15) is 4.39 Å². The molecule has 1 heterocycles. The lowest BCUT2D eigenvalue weighted by Gasteiger charge is -2.24. The average Bonchev–Trinajstić information content (AvgIpc) is 2.48. The molecular formula is C17H30FN3. The van der Waals surface area contributed by atoms with Gasteiger partial charge in [0.2, 0.25) is 0 Å². The van der Waals surface area contributed by atoms with Crippen LogP contribution in [0.5, 0.6) is 0 Å². The first-order valence-corrected chi connectivity index (χ1v) is 8.10. The van der Waals surface area contributed by atoms with Crippen LogP contribution in [0.4, 0.5) is 4.39 Å². The molecule has 1 aromatic heterocycles. The summed E-state index contributed by atoms with van der Waals surface area (Å²) in [5.41, 5.74) is 0.932. The smallest absolute Gasteiger partial charge is 0.141 e. The molecule has 0 fully saturated rings. The van der Waals surface area contributed by atoms with E-state index in [-0.39, 0.29) is 11.9 Å². The van der Waals surface area contributed by atoms with Gasteiger partial charge in [-0.3, -0.25) is 4.98 Å². The molecule has 0 aliphatic heterocycles. The van der Waals surface area contributed by atoms with Gasteiger partial charge < -0.3 is 10.2 Å². The second kappa shape index (κ2) is 9.85. The number of aromatic nitrogens is 1. The Bertz CT molecular complexity index is 380. The molecule has 0 aliphatic rings. The maximum Gasteiger partial charge on any atom is 0.141 e. The minimum atomic E-state index is -0.276. The van der Waals surface area contributed by atoms with Crippen molar-refractivity contribution in [3.63, 3.8) is 0 Å². The van der Waals surface area contributed by atoms with E-state index in [0.29, 0.717) is 0 Å². The Hall–Kier alpha value is -1.00. The Labute approximate surface area is 129 Å². The molecule has 120 valence electrons. The summed E-state index contributed by atoms with van der Waals surface area (Å²) in [6.07, 6.45) is 4.59. The van der Waals surface area contributed by atoms with Gasteiger partial charge in [-0.2, -0.15) is 0 Å². The van der Waals surface area contributed by atoms with E-state index in [1.54, 1.807) is 6.07 Å². The topological polar surface area (TPSA) is 28.2 Å². The maximum absolute atomic E-state index is 13.0. The van der Waals surface area contributed by atoms with Gasteiger partial charge in [0.05, 0.1) is 17.9 Å². The monoisotopic (exact) mass is 295 g/mol. The van der Waals surface area contributed by atoms with E-state index in [1.165, 1.54) is 18.7 Å². The Morgan fingerprint density at radius 3 is 2.67 bits per heavy atom. The minimum absolute atomic E-state index is 0.199. The lowest BCUT2D eigenvalue weighted by molar-refractivity contribution is 0.265. The highest BCUT2D eigenvalue weighted by Gasteiger charge is 2.14. The number of halogens is 1. The summed E-state index contributed by atoms with van der Waals surface area (Å²) in [6, 6.07) is 3.48. The van der Waals surface area contributed by atoms with Crippen molar-refractivity contribution in [2.24, 2.45) is 5.92 Å². The first kappa shape index (κ1) is 18.1. The minimum Gasteiger partial charge on any atom is -0.309 e.